The molecule has 0 aliphatic carbocycles. The van der Waals surface area contributed by atoms with E-state index < -0.39 is 6.04 Å². The Bertz CT molecular complexity index is 763. The monoisotopic (exact) mass is 404 g/mol. The quantitative estimate of drug-likeness (QED) is 0.667. The SMILES string of the molecule is CC[C@H](C(=O)NC)N(Cc1ccc(Cl)cc1)C(=O)CSc1ccc(C)cc1. The zero-order chi connectivity index (χ0) is 19.8. The van der Waals surface area contributed by atoms with Crippen LogP contribution in [0.4, 0.5) is 0 Å². The highest BCUT2D eigenvalue weighted by Crippen LogP contribution is 2.21. The van der Waals surface area contributed by atoms with Crippen LogP contribution in [0.25, 0.3) is 0 Å². The van der Waals surface area contributed by atoms with Crippen molar-refractivity contribution in [3.63, 3.8) is 0 Å². The van der Waals surface area contributed by atoms with Gasteiger partial charge in [-0.1, -0.05) is 48.4 Å². The fraction of sp³-hybridized carbons (Fsp3) is 0.333. The van der Waals surface area contributed by atoms with Crippen LogP contribution in [0.5, 0.6) is 0 Å². The molecule has 2 rings (SSSR count). The molecule has 0 aliphatic heterocycles. The standard InChI is InChI=1S/C21H25ClN2O2S/c1-4-19(21(26)23-3)24(13-16-7-9-17(22)10-8-16)20(25)14-27-18-11-5-15(2)6-12-18/h5-12,19H,4,13-14H2,1-3H3,(H,23,26)/t19-/m1/s1. The van der Waals surface area contributed by atoms with Crippen LogP contribution >= 0.6 is 23.4 Å². The Morgan fingerprint density at radius 1 is 1.11 bits per heavy atom. The van der Waals surface area contributed by atoms with E-state index in [1.165, 1.54) is 17.3 Å². The highest BCUT2D eigenvalue weighted by Gasteiger charge is 2.27. The van der Waals surface area contributed by atoms with Gasteiger partial charge in [-0.15, -0.1) is 11.8 Å². The summed E-state index contributed by atoms with van der Waals surface area (Å²) in [6.07, 6.45) is 0.550. The van der Waals surface area contributed by atoms with Gasteiger partial charge in [0.1, 0.15) is 6.04 Å². The van der Waals surface area contributed by atoms with Crippen LogP contribution in [-0.2, 0) is 16.1 Å². The molecule has 2 amide bonds. The molecule has 0 unspecified atom stereocenters. The van der Waals surface area contributed by atoms with Crippen molar-refractivity contribution in [3.05, 3.63) is 64.7 Å². The number of nitrogens with one attached hydrogen (secondary N) is 1. The summed E-state index contributed by atoms with van der Waals surface area (Å²) < 4.78 is 0. The van der Waals surface area contributed by atoms with E-state index in [0.717, 1.165) is 10.5 Å². The van der Waals surface area contributed by atoms with Crippen LogP contribution in [0.15, 0.2) is 53.4 Å². The predicted octanol–water partition coefficient (Wildman–Crippen LogP) is 4.29. The summed E-state index contributed by atoms with van der Waals surface area (Å²) in [6.45, 7) is 4.31. The first-order valence-electron chi connectivity index (χ1n) is 8.89. The van der Waals surface area contributed by atoms with Gasteiger partial charge in [0.25, 0.3) is 0 Å². The summed E-state index contributed by atoms with van der Waals surface area (Å²) in [6, 6.07) is 14.9. The molecule has 0 saturated carbocycles. The first-order valence-corrected chi connectivity index (χ1v) is 10.3. The van der Waals surface area contributed by atoms with E-state index in [9.17, 15) is 9.59 Å². The fourth-order valence-electron chi connectivity index (χ4n) is 2.74. The summed E-state index contributed by atoms with van der Waals surface area (Å²) in [5.74, 6) is 0.0653. The number of aryl methyl sites for hydroxylation is 1. The van der Waals surface area contributed by atoms with Crippen LogP contribution in [0.1, 0.15) is 24.5 Å². The summed E-state index contributed by atoms with van der Waals surface area (Å²) in [5, 5.41) is 3.31. The average Bonchev–Trinajstić information content (AvgIpc) is 2.68. The number of amides is 2. The van der Waals surface area contributed by atoms with Crippen LogP contribution < -0.4 is 5.32 Å². The molecule has 1 atom stereocenters. The van der Waals surface area contributed by atoms with Gasteiger partial charge in [0.15, 0.2) is 0 Å². The lowest BCUT2D eigenvalue weighted by Gasteiger charge is -2.30. The van der Waals surface area contributed by atoms with Crippen LogP contribution in [-0.4, -0.2) is 35.6 Å². The van der Waals surface area contributed by atoms with E-state index in [1.54, 1.807) is 24.1 Å². The van der Waals surface area contributed by atoms with Crippen molar-refractivity contribution in [2.24, 2.45) is 0 Å². The van der Waals surface area contributed by atoms with E-state index in [4.69, 9.17) is 11.6 Å². The number of thioether (sulfide) groups is 1. The average molecular weight is 405 g/mol. The Hall–Kier alpha value is -1.98. The third-order valence-corrected chi connectivity index (χ3v) is 5.53. The highest BCUT2D eigenvalue weighted by molar-refractivity contribution is 8.00. The minimum Gasteiger partial charge on any atom is -0.357 e. The second-order valence-electron chi connectivity index (χ2n) is 6.29. The van der Waals surface area contributed by atoms with Crippen molar-refractivity contribution in [1.29, 1.82) is 0 Å². The summed E-state index contributed by atoms with van der Waals surface area (Å²) in [5.41, 5.74) is 2.12. The minimum atomic E-state index is -0.503. The molecule has 6 heteroatoms. The molecule has 2 aromatic carbocycles. The summed E-state index contributed by atoms with van der Waals surface area (Å²) in [4.78, 5) is 28.0. The molecule has 0 bridgehead atoms. The van der Waals surface area contributed by atoms with E-state index >= 15 is 0 Å². The molecular weight excluding hydrogens is 380 g/mol. The van der Waals surface area contributed by atoms with Gasteiger partial charge >= 0.3 is 0 Å². The Morgan fingerprint density at radius 2 is 1.74 bits per heavy atom. The van der Waals surface area contributed by atoms with E-state index in [-0.39, 0.29) is 17.6 Å². The molecule has 2 aromatic rings. The molecule has 144 valence electrons. The highest BCUT2D eigenvalue weighted by atomic mass is 35.5. The maximum absolute atomic E-state index is 13.0. The Morgan fingerprint density at radius 3 is 2.30 bits per heavy atom. The maximum Gasteiger partial charge on any atom is 0.242 e. The van der Waals surface area contributed by atoms with Crippen molar-refractivity contribution in [3.8, 4) is 0 Å². The molecule has 4 nitrogen and oxygen atoms in total. The number of benzene rings is 2. The second kappa shape index (κ2) is 10.4. The molecule has 0 aromatic heterocycles. The van der Waals surface area contributed by atoms with Gasteiger partial charge in [0.2, 0.25) is 11.8 Å². The molecular formula is C21H25ClN2O2S. The number of likely N-dealkylation sites (N-methyl/N-ethyl adjacent to an activating group) is 1. The molecule has 0 aliphatic rings. The molecule has 27 heavy (non-hydrogen) atoms. The summed E-state index contributed by atoms with van der Waals surface area (Å²) in [7, 11) is 1.59. The van der Waals surface area contributed by atoms with Crippen LogP contribution in [0, 0.1) is 6.92 Å². The molecule has 0 radical (unpaired) electrons. The molecule has 1 N–H and O–H groups in total. The predicted molar refractivity (Wildman–Crippen MR) is 112 cm³/mol. The summed E-state index contributed by atoms with van der Waals surface area (Å²) >= 11 is 7.44. The zero-order valence-electron chi connectivity index (χ0n) is 15.9. The number of halogens is 1. The van der Waals surface area contributed by atoms with Crippen molar-refractivity contribution in [2.75, 3.05) is 12.8 Å². The van der Waals surface area contributed by atoms with E-state index in [0.29, 0.717) is 18.0 Å². The van der Waals surface area contributed by atoms with Gasteiger partial charge in [-0.05, 0) is 43.2 Å². The van der Waals surface area contributed by atoms with E-state index in [2.05, 4.69) is 5.32 Å². The van der Waals surface area contributed by atoms with Gasteiger partial charge in [-0.25, -0.2) is 0 Å². The number of nitrogens with zero attached hydrogens (tertiary/aromatic N) is 1. The number of carbonyl (C=O) groups is 2. The Balaban J connectivity index is 2.15. The van der Waals surface area contributed by atoms with Crippen molar-refractivity contribution in [1.82, 2.24) is 10.2 Å². The van der Waals surface area contributed by atoms with Crippen molar-refractivity contribution in [2.45, 2.75) is 37.8 Å². The van der Waals surface area contributed by atoms with Gasteiger partial charge in [-0.2, -0.15) is 0 Å². The lowest BCUT2D eigenvalue weighted by atomic mass is 10.1. The van der Waals surface area contributed by atoms with Gasteiger partial charge in [-0.3, -0.25) is 9.59 Å². The maximum atomic E-state index is 13.0. The van der Waals surface area contributed by atoms with Crippen molar-refractivity contribution >= 4 is 35.2 Å². The Labute approximate surface area is 170 Å². The van der Waals surface area contributed by atoms with Crippen LogP contribution in [0.3, 0.4) is 0 Å². The third kappa shape index (κ3) is 6.29. The van der Waals surface area contributed by atoms with E-state index in [1.807, 2.05) is 50.2 Å². The van der Waals surface area contributed by atoms with Crippen molar-refractivity contribution < 1.29 is 9.59 Å². The number of hydrogen-bond donors (Lipinski definition) is 1. The van der Waals surface area contributed by atoms with Gasteiger partial charge in [0.05, 0.1) is 5.75 Å². The van der Waals surface area contributed by atoms with Gasteiger partial charge in [0, 0.05) is 23.5 Å². The normalized spacial score (nSPS) is 11.7. The number of hydrogen-bond acceptors (Lipinski definition) is 3. The molecule has 0 spiro atoms. The number of carbonyl (C=O) groups excluding carboxylic acids is 2. The largest absolute Gasteiger partial charge is 0.357 e. The van der Waals surface area contributed by atoms with Crippen LogP contribution in [0.2, 0.25) is 5.02 Å². The Kier molecular flexibility index (Phi) is 8.20. The number of rotatable bonds is 8. The molecule has 0 heterocycles. The second-order valence-corrected chi connectivity index (χ2v) is 7.77. The lowest BCUT2D eigenvalue weighted by Crippen LogP contribution is -2.48. The molecule has 0 saturated heterocycles. The lowest BCUT2D eigenvalue weighted by molar-refractivity contribution is -0.139. The van der Waals surface area contributed by atoms with Gasteiger partial charge < -0.3 is 10.2 Å². The first-order chi connectivity index (χ1) is 12.9. The first kappa shape index (κ1) is 21.3. The minimum absolute atomic E-state index is 0.0639. The topological polar surface area (TPSA) is 49.4 Å². The molecule has 0 fully saturated rings. The fourth-order valence-corrected chi connectivity index (χ4v) is 3.65. The zero-order valence-corrected chi connectivity index (χ0v) is 17.4. The smallest absolute Gasteiger partial charge is 0.242 e. The third-order valence-electron chi connectivity index (χ3n) is 4.28.